The van der Waals surface area contributed by atoms with Gasteiger partial charge in [0.25, 0.3) is 0 Å². The molecule has 0 saturated heterocycles. The molecule has 2 rings (SSSR count). The molecule has 0 unspecified atom stereocenters. The van der Waals surface area contributed by atoms with Crippen molar-refractivity contribution in [2.45, 2.75) is 13.8 Å². The van der Waals surface area contributed by atoms with E-state index in [0.717, 1.165) is 10.0 Å². The Labute approximate surface area is 165 Å². The highest BCUT2D eigenvalue weighted by Gasteiger charge is 2.35. The average Bonchev–Trinajstić information content (AvgIpc) is 2.61. The summed E-state index contributed by atoms with van der Waals surface area (Å²) in [5.74, 6) is -1.76. The van der Waals surface area contributed by atoms with Gasteiger partial charge in [-0.2, -0.15) is 0 Å². The first kappa shape index (κ1) is 20.3. The standard InChI is InChI=1S/C19H19BrClNO4/c1-10-16(18(23)25-3)14(17(11(2)22-10)19(24)26-4)9-15(21)12-5-7-13(20)8-6-12/h5-9,14,22H,1-4H3/b15-9+. The summed E-state index contributed by atoms with van der Waals surface area (Å²) in [6.07, 6.45) is 1.66. The van der Waals surface area contributed by atoms with Crippen LogP contribution < -0.4 is 5.32 Å². The Morgan fingerprint density at radius 2 is 1.50 bits per heavy atom. The Kier molecular flexibility index (Phi) is 6.67. The van der Waals surface area contributed by atoms with Gasteiger partial charge in [0.05, 0.1) is 25.4 Å². The largest absolute Gasteiger partial charge is 0.466 e. The van der Waals surface area contributed by atoms with Crippen molar-refractivity contribution in [2.75, 3.05) is 14.2 Å². The van der Waals surface area contributed by atoms with E-state index in [1.807, 2.05) is 24.3 Å². The Balaban J connectivity index is 2.60. The number of ether oxygens (including phenoxy) is 2. The summed E-state index contributed by atoms with van der Waals surface area (Å²) >= 11 is 9.87. The van der Waals surface area contributed by atoms with Gasteiger partial charge >= 0.3 is 11.9 Å². The molecule has 1 N–H and O–H groups in total. The lowest BCUT2D eigenvalue weighted by Crippen LogP contribution is -2.32. The molecule has 0 aromatic heterocycles. The highest BCUT2D eigenvalue weighted by molar-refractivity contribution is 9.10. The van der Waals surface area contributed by atoms with Crippen molar-refractivity contribution in [1.82, 2.24) is 5.32 Å². The van der Waals surface area contributed by atoms with Crippen LogP contribution in [0.25, 0.3) is 5.03 Å². The van der Waals surface area contributed by atoms with Crippen LogP contribution in [0, 0.1) is 5.92 Å². The number of allylic oxidation sites excluding steroid dienone is 3. The van der Waals surface area contributed by atoms with E-state index in [1.165, 1.54) is 14.2 Å². The van der Waals surface area contributed by atoms with Gasteiger partial charge in [0.1, 0.15) is 0 Å². The lowest BCUT2D eigenvalue weighted by atomic mass is 9.84. The number of carbonyl (C=O) groups excluding carboxylic acids is 2. The van der Waals surface area contributed by atoms with Gasteiger partial charge < -0.3 is 14.8 Å². The topological polar surface area (TPSA) is 64.6 Å². The highest BCUT2D eigenvalue weighted by atomic mass is 79.9. The van der Waals surface area contributed by atoms with Crippen molar-refractivity contribution >= 4 is 44.5 Å². The van der Waals surface area contributed by atoms with Crippen molar-refractivity contribution in [2.24, 2.45) is 5.92 Å². The first-order chi connectivity index (χ1) is 12.3. The molecular weight excluding hydrogens is 422 g/mol. The Bertz CT molecular complexity index is 786. The molecule has 1 aromatic carbocycles. The SMILES string of the molecule is COC(=O)C1=C(C)NC(C)=C(C(=O)OC)C1/C=C(/Cl)c1ccc(Br)cc1. The summed E-state index contributed by atoms with van der Waals surface area (Å²) in [4.78, 5) is 24.7. The fourth-order valence-corrected chi connectivity index (χ4v) is 3.34. The van der Waals surface area contributed by atoms with E-state index in [4.69, 9.17) is 21.1 Å². The normalized spacial score (nSPS) is 15.7. The number of nitrogens with one attached hydrogen (secondary N) is 1. The van der Waals surface area contributed by atoms with Crippen LogP contribution in [-0.4, -0.2) is 26.2 Å². The Hall–Kier alpha value is -2.05. The molecule has 5 nitrogen and oxygen atoms in total. The molecule has 138 valence electrons. The third kappa shape index (κ3) is 4.19. The predicted molar refractivity (Wildman–Crippen MR) is 104 cm³/mol. The fourth-order valence-electron chi connectivity index (χ4n) is 2.83. The third-order valence-electron chi connectivity index (χ3n) is 4.05. The van der Waals surface area contributed by atoms with E-state index >= 15 is 0 Å². The third-order valence-corrected chi connectivity index (χ3v) is 4.92. The second-order valence-electron chi connectivity index (χ2n) is 5.68. The second-order valence-corrected chi connectivity index (χ2v) is 7.01. The zero-order chi connectivity index (χ0) is 19.4. The van der Waals surface area contributed by atoms with Gasteiger partial charge in [-0.15, -0.1) is 0 Å². The number of carbonyl (C=O) groups is 2. The van der Waals surface area contributed by atoms with Crippen molar-refractivity contribution in [3.05, 3.63) is 62.9 Å². The molecule has 0 atom stereocenters. The summed E-state index contributed by atoms with van der Waals surface area (Å²) in [5.41, 5.74) is 2.59. The van der Waals surface area contributed by atoms with Gasteiger partial charge in [0.15, 0.2) is 0 Å². The lowest BCUT2D eigenvalue weighted by molar-refractivity contribution is -0.137. The van der Waals surface area contributed by atoms with Crippen LogP contribution >= 0.6 is 27.5 Å². The zero-order valence-electron chi connectivity index (χ0n) is 14.9. The van der Waals surface area contributed by atoms with Gasteiger partial charge in [-0.05, 0) is 31.5 Å². The van der Waals surface area contributed by atoms with Crippen LogP contribution in [0.15, 0.2) is 57.4 Å². The van der Waals surface area contributed by atoms with Gasteiger partial charge in [-0.1, -0.05) is 45.7 Å². The molecule has 0 fully saturated rings. The fraction of sp³-hybridized carbons (Fsp3) is 0.263. The lowest BCUT2D eigenvalue weighted by Gasteiger charge is -2.28. The van der Waals surface area contributed by atoms with Crippen LogP contribution in [0.1, 0.15) is 19.4 Å². The van der Waals surface area contributed by atoms with Crippen LogP contribution in [-0.2, 0) is 19.1 Å². The number of rotatable bonds is 4. The number of hydrogen-bond donors (Lipinski definition) is 1. The van der Waals surface area contributed by atoms with E-state index in [0.29, 0.717) is 27.6 Å². The van der Waals surface area contributed by atoms with Crippen LogP contribution in [0.4, 0.5) is 0 Å². The monoisotopic (exact) mass is 439 g/mol. The Morgan fingerprint density at radius 1 is 1.04 bits per heavy atom. The summed E-state index contributed by atoms with van der Waals surface area (Å²) in [7, 11) is 2.59. The molecule has 0 radical (unpaired) electrons. The minimum Gasteiger partial charge on any atom is -0.466 e. The summed E-state index contributed by atoms with van der Waals surface area (Å²) < 4.78 is 10.7. The maximum Gasteiger partial charge on any atom is 0.336 e. The molecule has 1 aliphatic heterocycles. The first-order valence-corrected chi connectivity index (χ1v) is 8.95. The molecule has 1 aromatic rings. The van der Waals surface area contributed by atoms with Crippen molar-refractivity contribution in [3.8, 4) is 0 Å². The van der Waals surface area contributed by atoms with Gasteiger partial charge in [0, 0.05) is 26.8 Å². The maximum atomic E-state index is 12.3. The molecule has 0 amide bonds. The molecule has 1 aliphatic rings. The van der Waals surface area contributed by atoms with Crippen LogP contribution in [0.5, 0.6) is 0 Å². The number of esters is 2. The predicted octanol–water partition coefficient (Wildman–Crippen LogP) is 4.14. The van der Waals surface area contributed by atoms with E-state index in [2.05, 4.69) is 21.2 Å². The van der Waals surface area contributed by atoms with Gasteiger partial charge in [0.2, 0.25) is 0 Å². The van der Waals surface area contributed by atoms with Crippen molar-refractivity contribution in [3.63, 3.8) is 0 Å². The number of dihydropyridines is 1. The van der Waals surface area contributed by atoms with E-state index in [-0.39, 0.29) is 0 Å². The minimum absolute atomic E-state index is 0.314. The zero-order valence-corrected chi connectivity index (χ0v) is 17.2. The minimum atomic E-state index is -0.688. The smallest absolute Gasteiger partial charge is 0.336 e. The molecule has 1 heterocycles. The first-order valence-electron chi connectivity index (χ1n) is 7.78. The second kappa shape index (κ2) is 8.56. The molecule has 0 saturated carbocycles. The number of benzene rings is 1. The highest BCUT2D eigenvalue weighted by Crippen LogP contribution is 2.35. The van der Waals surface area contributed by atoms with E-state index < -0.39 is 17.9 Å². The number of methoxy groups -OCH3 is 2. The van der Waals surface area contributed by atoms with Crippen LogP contribution in [0.2, 0.25) is 0 Å². The molecule has 0 spiro atoms. The van der Waals surface area contributed by atoms with Gasteiger partial charge in [-0.25, -0.2) is 9.59 Å². The summed E-state index contributed by atoms with van der Waals surface area (Å²) in [6, 6.07) is 7.40. The van der Waals surface area contributed by atoms with E-state index in [1.54, 1.807) is 19.9 Å². The number of halogens is 2. The number of hydrogen-bond acceptors (Lipinski definition) is 5. The molecule has 0 aliphatic carbocycles. The maximum absolute atomic E-state index is 12.3. The van der Waals surface area contributed by atoms with Gasteiger partial charge in [-0.3, -0.25) is 0 Å². The van der Waals surface area contributed by atoms with Crippen molar-refractivity contribution < 1.29 is 19.1 Å². The summed E-state index contributed by atoms with van der Waals surface area (Å²) in [5, 5.41) is 3.45. The molecular formula is C19H19BrClNO4. The average molecular weight is 441 g/mol. The Morgan fingerprint density at radius 3 is 1.92 bits per heavy atom. The molecule has 0 bridgehead atoms. The van der Waals surface area contributed by atoms with Crippen molar-refractivity contribution in [1.29, 1.82) is 0 Å². The van der Waals surface area contributed by atoms with E-state index in [9.17, 15) is 9.59 Å². The quantitative estimate of drug-likeness (QED) is 0.713. The summed E-state index contributed by atoms with van der Waals surface area (Å²) in [6.45, 7) is 3.50. The molecule has 26 heavy (non-hydrogen) atoms. The van der Waals surface area contributed by atoms with Crippen LogP contribution in [0.3, 0.4) is 0 Å². The molecule has 7 heteroatoms.